The van der Waals surface area contributed by atoms with Crippen LogP contribution >= 0.6 is 0 Å². The van der Waals surface area contributed by atoms with Gasteiger partial charge in [0.05, 0.1) is 6.54 Å². The lowest BCUT2D eigenvalue weighted by molar-refractivity contribution is -0.155. The molecule has 1 aliphatic rings. The van der Waals surface area contributed by atoms with Crippen molar-refractivity contribution >= 4 is 11.9 Å². The molecule has 0 aliphatic heterocycles. The van der Waals surface area contributed by atoms with Crippen LogP contribution in [0.25, 0.3) is 0 Å². The highest BCUT2D eigenvalue weighted by atomic mass is 16.4. The van der Waals surface area contributed by atoms with Gasteiger partial charge in [-0.05, 0) is 26.7 Å². The first-order valence-corrected chi connectivity index (χ1v) is 6.09. The molecule has 1 aliphatic carbocycles. The van der Waals surface area contributed by atoms with E-state index in [1.807, 2.05) is 0 Å². The molecule has 5 heteroatoms. The average molecular weight is 242 g/mol. The van der Waals surface area contributed by atoms with Crippen molar-refractivity contribution in [2.24, 2.45) is 0 Å². The number of amides is 1. The molecular formula is C12H22N2O3. The second kappa shape index (κ2) is 5.49. The Morgan fingerprint density at radius 1 is 1.35 bits per heavy atom. The third-order valence-electron chi connectivity index (χ3n) is 3.63. The number of aliphatic carboxylic acids is 1. The lowest BCUT2D eigenvalue weighted by atomic mass is 10.0. The topological polar surface area (TPSA) is 69.6 Å². The molecule has 0 unspecified atom stereocenters. The standard InChI is InChI=1S/C12H22N2O3/c1-12(2,11(16)17)14(3)10(15)8-13-9-6-4-5-7-9/h9,13H,4-8H2,1-3H3,(H,16,17). The van der Waals surface area contributed by atoms with Crippen LogP contribution in [0.15, 0.2) is 0 Å². The summed E-state index contributed by atoms with van der Waals surface area (Å²) in [5.74, 6) is -1.17. The zero-order valence-corrected chi connectivity index (χ0v) is 10.8. The summed E-state index contributed by atoms with van der Waals surface area (Å²) >= 11 is 0. The van der Waals surface area contributed by atoms with Crippen LogP contribution < -0.4 is 5.32 Å². The lowest BCUT2D eigenvalue weighted by Gasteiger charge is -2.32. The number of hydrogen-bond acceptors (Lipinski definition) is 3. The Morgan fingerprint density at radius 2 is 1.88 bits per heavy atom. The highest BCUT2D eigenvalue weighted by Crippen LogP contribution is 2.18. The summed E-state index contributed by atoms with van der Waals surface area (Å²) in [4.78, 5) is 24.2. The summed E-state index contributed by atoms with van der Waals surface area (Å²) in [7, 11) is 1.53. The van der Waals surface area contributed by atoms with E-state index in [4.69, 9.17) is 5.11 Å². The Balaban J connectivity index is 2.43. The number of nitrogens with zero attached hydrogens (tertiary/aromatic N) is 1. The van der Waals surface area contributed by atoms with Crippen LogP contribution in [0.3, 0.4) is 0 Å². The monoisotopic (exact) mass is 242 g/mol. The number of nitrogens with one attached hydrogen (secondary N) is 1. The van der Waals surface area contributed by atoms with Crippen molar-refractivity contribution in [2.45, 2.75) is 51.1 Å². The molecule has 0 aromatic heterocycles. The van der Waals surface area contributed by atoms with Gasteiger partial charge in [0, 0.05) is 13.1 Å². The van der Waals surface area contributed by atoms with E-state index in [0.29, 0.717) is 6.04 Å². The number of likely N-dealkylation sites (N-methyl/N-ethyl adjacent to an activating group) is 1. The second-order valence-electron chi connectivity index (χ2n) is 5.18. The van der Waals surface area contributed by atoms with Gasteiger partial charge in [-0.25, -0.2) is 4.79 Å². The Kier molecular flexibility index (Phi) is 4.51. The summed E-state index contributed by atoms with van der Waals surface area (Å²) in [6.07, 6.45) is 4.64. The normalized spacial score (nSPS) is 17.1. The van der Waals surface area contributed by atoms with Gasteiger partial charge < -0.3 is 15.3 Å². The molecule has 5 nitrogen and oxygen atoms in total. The fraction of sp³-hybridized carbons (Fsp3) is 0.833. The van der Waals surface area contributed by atoms with E-state index in [-0.39, 0.29) is 12.5 Å². The number of hydrogen-bond donors (Lipinski definition) is 2. The van der Waals surface area contributed by atoms with E-state index in [0.717, 1.165) is 12.8 Å². The van der Waals surface area contributed by atoms with E-state index in [2.05, 4.69) is 5.32 Å². The molecule has 0 spiro atoms. The first-order chi connectivity index (χ1) is 7.85. The molecule has 0 aromatic rings. The van der Waals surface area contributed by atoms with Gasteiger partial charge in [0.2, 0.25) is 5.91 Å². The van der Waals surface area contributed by atoms with Crippen molar-refractivity contribution in [3.63, 3.8) is 0 Å². The van der Waals surface area contributed by atoms with Gasteiger partial charge in [-0.3, -0.25) is 4.79 Å². The van der Waals surface area contributed by atoms with Gasteiger partial charge in [0.15, 0.2) is 0 Å². The van der Waals surface area contributed by atoms with Crippen molar-refractivity contribution in [1.82, 2.24) is 10.2 Å². The minimum absolute atomic E-state index is 0.177. The summed E-state index contributed by atoms with van der Waals surface area (Å²) in [6.45, 7) is 3.28. The van der Waals surface area contributed by atoms with E-state index >= 15 is 0 Å². The molecule has 0 saturated heterocycles. The number of carboxylic acids is 1. The van der Waals surface area contributed by atoms with Crippen LogP contribution in [0.5, 0.6) is 0 Å². The maximum atomic E-state index is 11.9. The smallest absolute Gasteiger partial charge is 0.329 e. The van der Waals surface area contributed by atoms with Gasteiger partial charge in [0.1, 0.15) is 5.54 Å². The van der Waals surface area contributed by atoms with Gasteiger partial charge in [-0.1, -0.05) is 12.8 Å². The Hall–Kier alpha value is -1.10. The molecule has 0 heterocycles. The Morgan fingerprint density at radius 3 is 2.35 bits per heavy atom. The number of carbonyl (C=O) groups excluding carboxylic acids is 1. The van der Waals surface area contributed by atoms with Gasteiger partial charge in [0.25, 0.3) is 0 Å². The molecule has 2 N–H and O–H groups in total. The molecule has 1 rings (SSSR count). The van der Waals surface area contributed by atoms with Crippen LogP contribution in [0.1, 0.15) is 39.5 Å². The molecule has 0 atom stereocenters. The molecule has 1 amide bonds. The molecule has 0 aromatic carbocycles. The molecule has 17 heavy (non-hydrogen) atoms. The van der Waals surface area contributed by atoms with Crippen molar-refractivity contribution in [2.75, 3.05) is 13.6 Å². The molecule has 0 bridgehead atoms. The number of rotatable bonds is 5. The van der Waals surface area contributed by atoms with Crippen LogP contribution in [0.2, 0.25) is 0 Å². The van der Waals surface area contributed by atoms with Crippen molar-refractivity contribution in [3.05, 3.63) is 0 Å². The maximum Gasteiger partial charge on any atom is 0.329 e. The Labute approximate surface area is 102 Å². The van der Waals surface area contributed by atoms with Crippen molar-refractivity contribution < 1.29 is 14.7 Å². The first kappa shape index (κ1) is 14.0. The third kappa shape index (κ3) is 3.43. The van der Waals surface area contributed by atoms with E-state index < -0.39 is 11.5 Å². The highest BCUT2D eigenvalue weighted by molar-refractivity contribution is 5.87. The van der Waals surface area contributed by atoms with Crippen LogP contribution in [-0.2, 0) is 9.59 Å². The lowest BCUT2D eigenvalue weighted by Crippen LogP contribution is -2.53. The summed E-state index contributed by atoms with van der Waals surface area (Å²) < 4.78 is 0. The largest absolute Gasteiger partial charge is 0.480 e. The number of carboxylic acid groups (broad SMARTS) is 1. The summed E-state index contributed by atoms with van der Waals surface area (Å²) in [5.41, 5.74) is -1.16. The maximum absolute atomic E-state index is 11.9. The SMILES string of the molecule is CN(C(=O)CNC1CCCC1)C(C)(C)C(=O)O. The molecule has 1 saturated carbocycles. The van der Waals surface area contributed by atoms with Crippen LogP contribution in [0, 0.1) is 0 Å². The molecule has 0 radical (unpaired) electrons. The van der Waals surface area contributed by atoms with E-state index in [1.165, 1.54) is 38.6 Å². The highest BCUT2D eigenvalue weighted by Gasteiger charge is 2.35. The third-order valence-corrected chi connectivity index (χ3v) is 3.63. The van der Waals surface area contributed by atoms with Gasteiger partial charge >= 0.3 is 5.97 Å². The molecular weight excluding hydrogens is 220 g/mol. The zero-order valence-electron chi connectivity index (χ0n) is 10.8. The fourth-order valence-electron chi connectivity index (χ4n) is 1.94. The second-order valence-corrected chi connectivity index (χ2v) is 5.18. The fourth-order valence-corrected chi connectivity index (χ4v) is 1.94. The van der Waals surface area contributed by atoms with Gasteiger partial charge in [-0.2, -0.15) is 0 Å². The molecule has 98 valence electrons. The Bertz CT molecular complexity index is 296. The van der Waals surface area contributed by atoms with Gasteiger partial charge in [-0.15, -0.1) is 0 Å². The summed E-state index contributed by atoms with van der Waals surface area (Å²) in [6, 6.07) is 0.417. The van der Waals surface area contributed by atoms with Crippen molar-refractivity contribution in [3.8, 4) is 0 Å². The van der Waals surface area contributed by atoms with Crippen LogP contribution in [0.4, 0.5) is 0 Å². The van der Waals surface area contributed by atoms with E-state index in [9.17, 15) is 9.59 Å². The zero-order chi connectivity index (χ0) is 13.1. The van der Waals surface area contributed by atoms with E-state index in [1.54, 1.807) is 0 Å². The predicted molar refractivity (Wildman–Crippen MR) is 64.7 cm³/mol. The number of carbonyl (C=O) groups is 2. The first-order valence-electron chi connectivity index (χ1n) is 6.09. The minimum Gasteiger partial charge on any atom is -0.480 e. The average Bonchev–Trinajstić information content (AvgIpc) is 2.77. The predicted octanol–water partition coefficient (Wildman–Crippen LogP) is 0.840. The summed E-state index contributed by atoms with van der Waals surface area (Å²) in [5, 5.41) is 12.2. The van der Waals surface area contributed by atoms with Crippen LogP contribution in [-0.4, -0.2) is 47.1 Å². The van der Waals surface area contributed by atoms with Crippen molar-refractivity contribution in [1.29, 1.82) is 0 Å². The quantitative estimate of drug-likeness (QED) is 0.749. The molecule has 1 fully saturated rings. The minimum atomic E-state index is -1.16.